The van der Waals surface area contributed by atoms with Gasteiger partial charge in [-0.05, 0) is 66.1 Å². The van der Waals surface area contributed by atoms with Crippen molar-refractivity contribution in [2.45, 2.75) is 16.6 Å². The van der Waals surface area contributed by atoms with Crippen molar-refractivity contribution in [3.63, 3.8) is 0 Å². The second kappa shape index (κ2) is 12.7. The second-order valence-corrected chi connectivity index (χ2v) is 11.9. The van der Waals surface area contributed by atoms with E-state index in [9.17, 15) is 19.2 Å². The van der Waals surface area contributed by atoms with E-state index in [2.05, 4.69) is 10.6 Å². The Kier molecular flexibility index (Phi) is 8.90. The van der Waals surface area contributed by atoms with Gasteiger partial charge in [-0.3, -0.25) is 19.2 Å². The zero-order valence-electron chi connectivity index (χ0n) is 21.2. The lowest BCUT2D eigenvalue weighted by Gasteiger charge is -2.16. The average Bonchev–Trinajstić information content (AvgIpc) is 3.57. The van der Waals surface area contributed by atoms with Crippen LogP contribution in [0.3, 0.4) is 0 Å². The van der Waals surface area contributed by atoms with Crippen LogP contribution in [0.1, 0.15) is 21.7 Å². The molecular formula is C30H21Cl2N3O4S2. The fraction of sp³-hybridized carbons (Fsp3) is 0.0667. The number of carbonyl (C=O) groups excluding carboxylic acids is 4. The minimum absolute atomic E-state index is 0.0134. The Hall–Kier alpha value is -3.89. The predicted molar refractivity (Wildman–Crippen MR) is 164 cm³/mol. The molecule has 11 heteroatoms. The van der Waals surface area contributed by atoms with E-state index in [4.69, 9.17) is 23.2 Å². The maximum atomic E-state index is 13.3. The second-order valence-electron chi connectivity index (χ2n) is 8.85. The van der Waals surface area contributed by atoms with Crippen LogP contribution in [-0.4, -0.2) is 28.9 Å². The number of hydrogen-bond donors (Lipinski definition) is 2. The SMILES string of the molecule is O=C(Nc1cccc(S[C@H]2CC(=O)N(c3ccc(Cl)c(Cl)c3)C2=O)c1)/C(=C/c1cccs1)NC(=O)c1ccccc1. The summed E-state index contributed by atoms with van der Waals surface area (Å²) >= 11 is 14.7. The Morgan fingerprint density at radius 3 is 2.46 bits per heavy atom. The van der Waals surface area contributed by atoms with Gasteiger partial charge in [0.05, 0.1) is 21.0 Å². The van der Waals surface area contributed by atoms with Gasteiger partial charge in [0.15, 0.2) is 0 Å². The molecule has 1 fully saturated rings. The van der Waals surface area contributed by atoms with Gasteiger partial charge in [0.1, 0.15) is 5.70 Å². The molecule has 0 spiro atoms. The van der Waals surface area contributed by atoms with Crippen molar-refractivity contribution < 1.29 is 19.2 Å². The van der Waals surface area contributed by atoms with Crippen molar-refractivity contribution in [2.24, 2.45) is 0 Å². The van der Waals surface area contributed by atoms with E-state index in [1.54, 1.807) is 66.7 Å². The summed E-state index contributed by atoms with van der Waals surface area (Å²) in [4.78, 5) is 54.5. The van der Waals surface area contributed by atoms with Crippen LogP contribution < -0.4 is 15.5 Å². The Morgan fingerprint density at radius 2 is 1.73 bits per heavy atom. The summed E-state index contributed by atoms with van der Waals surface area (Å²) in [5, 5.41) is 7.33. The Bertz CT molecular complexity index is 1660. The van der Waals surface area contributed by atoms with Crippen LogP contribution in [0, 0.1) is 0 Å². The third-order valence-corrected chi connectivity index (χ3v) is 8.73. The number of hydrogen-bond acceptors (Lipinski definition) is 6. The fourth-order valence-electron chi connectivity index (χ4n) is 4.06. The lowest BCUT2D eigenvalue weighted by molar-refractivity contribution is -0.121. The van der Waals surface area contributed by atoms with Crippen LogP contribution in [-0.2, 0) is 14.4 Å². The maximum Gasteiger partial charge on any atom is 0.272 e. The number of nitrogens with one attached hydrogen (secondary N) is 2. The van der Waals surface area contributed by atoms with E-state index in [1.165, 1.54) is 35.2 Å². The third kappa shape index (κ3) is 6.89. The summed E-state index contributed by atoms with van der Waals surface area (Å²) in [6, 6.07) is 23.8. The highest BCUT2D eigenvalue weighted by Gasteiger charge is 2.40. The van der Waals surface area contributed by atoms with Crippen molar-refractivity contribution in [2.75, 3.05) is 10.2 Å². The molecule has 1 atom stereocenters. The van der Waals surface area contributed by atoms with Crippen molar-refractivity contribution in [3.8, 4) is 0 Å². The lowest BCUT2D eigenvalue weighted by Crippen LogP contribution is -2.31. The first-order chi connectivity index (χ1) is 19.8. The molecule has 1 aromatic heterocycles. The van der Waals surface area contributed by atoms with Crippen LogP contribution in [0.4, 0.5) is 11.4 Å². The standard InChI is InChI=1S/C30H21Cl2N3O4S2/c31-23-12-11-20(15-24(23)32)35-27(36)17-26(30(35)39)41-22-9-4-8-19(14-22)33-29(38)25(16-21-10-5-13-40-21)34-28(37)18-6-2-1-3-7-18/h1-16,26H,17H2,(H,33,38)(H,34,37)/b25-16-/t26-/m0/s1. The number of amides is 4. The molecule has 0 aliphatic carbocycles. The Balaban J connectivity index is 1.30. The third-order valence-electron chi connectivity index (χ3n) is 6.00. The summed E-state index contributed by atoms with van der Waals surface area (Å²) in [6.45, 7) is 0. The topological polar surface area (TPSA) is 95.6 Å². The average molecular weight is 623 g/mol. The summed E-state index contributed by atoms with van der Waals surface area (Å²) in [5.74, 6) is -1.63. The van der Waals surface area contributed by atoms with E-state index < -0.39 is 17.1 Å². The van der Waals surface area contributed by atoms with Crippen LogP contribution in [0.5, 0.6) is 0 Å². The van der Waals surface area contributed by atoms with E-state index in [0.717, 1.165) is 9.78 Å². The number of thioether (sulfide) groups is 1. The maximum absolute atomic E-state index is 13.3. The van der Waals surface area contributed by atoms with Gasteiger partial charge in [-0.25, -0.2) is 4.90 Å². The number of imide groups is 1. The molecule has 1 aliphatic heterocycles. The number of rotatable bonds is 8. The summed E-state index contributed by atoms with van der Waals surface area (Å²) in [5.41, 5.74) is 1.32. The van der Waals surface area contributed by atoms with Gasteiger partial charge in [-0.2, -0.15) is 0 Å². The van der Waals surface area contributed by atoms with Crippen LogP contribution in [0.2, 0.25) is 10.0 Å². The van der Waals surface area contributed by atoms with Gasteiger partial charge in [-0.1, -0.05) is 53.5 Å². The van der Waals surface area contributed by atoms with Crippen molar-refractivity contribution in [1.29, 1.82) is 0 Å². The zero-order chi connectivity index (χ0) is 28.9. The molecule has 1 saturated heterocycles. The van der Waals surface area contributed by atoms with Gasteiger partial charge >= 0.3 is 0 Å². The van der Waals surface area contributed by atoms with Gasteiger partial charge in [0.25, 0.3) is 11.8 Å². The first kappa shape index (κ1) is 28.6. The number of halogens is 2. The molecule has 7 nitrogen and oxygen atoms in total. The van der Waals surface area contributed by atoms with Crippen molar-refractivity contribution in [1.82, 2.24) is 5.32 Å². The molecule has 0 bridgehead atoms. The smallest absolute Gasteiger partial charge is 0.272 e. The summed E-state index contributed by atoms with van der Waals surface area (Å²) in [7, 11) is 0. The van der Waals surface area contributed by atoms with Gasteiger partial charge in [-0.15, -0.1) is 23.1 Å². The van der Waals surface area contributed by atoms with Crippen LogP contribution in [0.15, 0.2) is 101 Å². The summed E-state index contributed by atoms with van der Waals surface area (Å²) < 4.78 is 0. The molecule has 206 valence electrons. The first-order valence-electron chi connectivity index (χ1n) is 12.3. The fourth-order valence-corrected chi connectivity index (χ4v) is 6.12. The molecule has 0 unspecified atom stereocenters. The number of benzene rings is 3. The summed E-state index contributed by atoms with van der Waals surface area (Å²) in [6.07, 6.45) is 1.62. The highest BCUT2D eigenvalue weighted by Crippen LogP contribution is 2.36. The van der Waals surface area contributed by atoms with Gasteiger partial charge in [0.2, 0.25) is 11.8 Å². The molecule has 4 amide bonds. The first-order valence-corrected chi connectivity index (χ1v) is 14.8. The van der Waals surface area contributed by atoms with E-state index in [-0.39, 0.29) is 29.0 Å². The number of nitrogens with zero attached hydrogens (tertiary/aromatic N) is 1. The molecule has 3 aromatic carbocycles. The Labute approximate surface area is 254 Å². The van der Waals surface area contributed by atoms with Crippen molar-refractivity contribution >= 4 is 87.4 Å². The van der Waals surface area contributed by atoms with E-state index in [0.29, 0.717) is 26.9 Å². The monoisotopic (exact) mass is 621 g/mol. The highest BCUT2D eigenvalue weighted by molar-refractivity contribution is 8.00. The van der Waals surface area contributed by atoms with Crippen LogP contribution in [0.25, 0.3) is 6.08 Å². The number of carbonyl (C=O) groups is 4. The van der Waals surface area contributed by atoms with E-state index in [1.807, 2.05) is 17.5 Å². The molecule has 1 aliphatic rings. The normalized spacial score (nSPS) is 15.2. The highest BCUT2D eigenvalue weighted by atomic mass is 35.5. The minimum atomic E-state index is -0.651. The molecular weight excluding hydrogens is 601 g/mol. The predicted octanol–water partition coefficient (Wildman–Crippen LogP) is 6.89. The zero-order valence-corrected chi connectivity index (χ0v) is 24.3. The van der Waals surface area contributed by atoms with Gasteiger partial charge < -0.3 is 10.6 Å². The largest absolute Gasteiger partial charge is 0.321 e. The lowest BCUT2D eigenvalue weighted by atomic mass is 10.2. The molecule has 5 rings (SSSR count). The number of anilines is 2. The molecule has 4 aromatic rings. The Morgan fingerprint density at radius 1 is 0.927 bits per heavy atom. The quantitative estimate of drug-likeness (QED) is 0.165. The molecule has 2 heterocycles. The molecule has 2 N–H and O–H groups in total. The molecule has 41 heavy (non-hydrogen) atoms. The molecule has 0 radical (unpaired) electrons. The van der Waals surface area contributed by atoms with Gasteiger partial charge in [0, 0.05) is 27.4 Å². The number of thiophene rings is 1. The minimum Gasteiger partial charge on any atom is -0.321 e. The van der Waals surface area contributed by atoms with Crippen molar-refractivity contribution in [3.05, 3.63) is 116 Å². The van der Waals surface area contributed by atoms with E-state index >= 15 is 0 Å². The molecule has 0 saturated carbocycles. The van der Waals surface area contributed by atoms with Crippen LogP contribution >= 0.6 is 46.3 Å².